The third-order valence-electron chi connectivity index (χ3n) is 2.92. The molecule has 0 spiro atoms. The van der Waals surface area contributed by atoms with Gasteiger partial charge in [-0.3, -0.25) is 4.79 Å². The molecule has 1 fully saturated rings. The van der Waals surface area contributed by atoms with Gasteiger partial charge in [-0.2, -0.15) is 0 Å². The zero-order chi connectivity index (χ0) is 10.8. The van der Waals surface area contributed by atoms with E-state index in [1.54, 1.807) is 0 Å². The predicted octanol–water partition coefficient (Wildman–Crippen LogP) is 0.544. The lowest BCUT2D eigenvalue weighted by Crippen LogP contribution is -2.44. The Morgan fingerprint density at radius 2 is 2.20 bits per heavy atom. The molecule has 0 bridgehead atoms. The largest absolute Gasteiger partial charge is 0.383 e. The van der Waals surface area contributed by atoms with E-state index in [1.807, 2.05) is 0 Å². The van der Waals surface area contributed by atoms with Crippen LogP contribution in [0.5, 0.6) is 0 Å². The van der Waals surface area contributed by atoms with Crippen LogP contribution in [-0.2, 0) is 9.53 Å². The van der Waals surface area contributed by atoms with E-state index in [9.17, 15) is 4.79 Å². The predicted molar refractivity (Wildman–Crippen MR) is 62.0 cm³/mol. The van der Waals surface area contributed by atoms with Crippen molar-refractivity contribution in [1.29, 1.82) is 0 Å². The van der Waals surface area contributed by atoms with Crippen molar-refractivity contribution in [2.75, 3.05) is 20.3 Å². The van der Waals surface area contributed by atoms with Gasteiger partial charge in [0.25, 0.3) is 0 Å². The van der Waals surface area contributed by atoms with E-state index >= 15 is 0 Å². The molecule has 0 aromatic rings. The first-order valence-electron chi connectivity index (χ1n) is 4.99. The second kappa shape index (κ2) is 5.68. The number of carbonyl (C=O) groups is 1. The van der Waals surface area contributed by atoms with E-state index in [0.717, 1.165) is 6.54 Å². The molecule has 0 aliphatic heterocycles. The highest BCUT2D eigenvalue weighted by Gasteiger charge is 2.45. The first kappa shape index (κ1) is 14.7. The van der Waals surface area contributed by atoms with Gasteiger partial charge in [0.1, 0.15) is 6.04 Å². The second-order valence-electron chi connectivity index (χ2n) is 4.70. The maximum Gasteiger partial charge on any atom is 0.239 e. The Hall–Kier alpha value is -0.320. The Kier molecular flexibility index (Phi) is 5.56. The number of carbonyl (C=O) groups excluding carboxylic acids is 1. The molecule has 90 valence electrons. The molecule has 0 radical (unpaired) electrons. The minimum Gasteiger partial charge on any atom is -0.383 e. The van der Waals surface area contributed by atoms with Crippen LogP contribution in [0.4, 0.5) is 0 Å². The van der Waals surface area contributed by atoms with E-state index < -0.39 is 6.04 Å². The smallest absolute Gasteiger partial charge is 0.239 e. The lowest BCUT2D eigenvalue weighted by molar-refractivity contribution is -0.123. The number of nitrogens with one attached hydrogen (secondary N) is 1. The number of hydrogen-bond donors (Lipinski definition) is 2. The number of hydrogen-bond acceptors (Lipinski definition) is 3. The van der Waals surface area contributed by atoms with Crippen LogP contribution in [0.25, 0.3) is 0 Å². The highest BCUT2D eigenvalue weighted by molar-refractivity contribution is 5.85. The summed E-state index contributed by atoms with van der Waals surface area (Å²) in [6, 6.07) is -0.540. The van der Waals surface area contributed by atoms with Gasteiger partial charge in [-0.15, -0.1) is 12.4 Å². The Bertz CT molecular complexity index is 221. The fourth-order valence-electron chi connectivity index (χ4n) is 1.53. The second-order valence-corrected chi connectivity index (χ2v) is 4.70. The summed E-state index contributed by atoms with van der Waals surface area (Å²) in [5, 5.41) is 2.84. The Labute approximate surface area is 97.3 Å². The highest BCUT2D eigenvalue weighted by atomic mass is 35.5. The SMILES string of the molecule is COCC(N)C(=O)NCC1CC1(C)C.Cl. The molecular formula is C10H21ClN2O2. The van der Waals surface area contributed by atoms with Crippen molar-refractivity contribution in [3.05, 3.63) is 0 Å². The van der Waals surface area contributed by atoms with Crippen LogP contribution in [0.1, 0.15) is 20.3 Å². The van der Waals surface area contributed by atoms with Gasteiger partial charge >= 0.3 is 0 Å². The first-order valence-corrected chi connectivity index (χ1v) is 4.99. The number of methoxy groups -OCH3 is 1. The van der Waals surface area contributed by atoms with E-state index in [-0.39, 0.29) is 24.9 Å². The quantitative estimate of drug-likeness (QED) is 0.733. The van der Waals surface area contributed by atoms with Crippen molar-refractivity contribution in [2.45, 2.75) is 26.3 Å². The normalized spacial score (nSPS) is 23.9. The summed E-state index contributed by atoms with van der Waals surface area (Å²) in [4.78, 5) is 11.4. The van der Waals surface area contributed by atoms with Crippen molar-refractivity contribution in [3.8, 4) is 0 Å². The average Bonchev–Trinajstić information content (AvgIpc) is 2.70. The summed E-state index contributed by atoms with van der Waals surface area (Å²) in [6.07, 6.45) is 1.19. The molecule has 1 amide bonds. The first-order chi connectivity index (χ1) is 6.47. The van der Waals surface area contributed by atoms with Crippen molar-refractivity contribution in [1.82, 2.24) is 5.32 Å². The molecule has 2 atom stereocenters. The van der Waals surface area contributed by atoms with Crippen LogP contribution < -0.4 is 11.1 Å². The summed E-state index contributed by atoms with van der Waals surface area (Å²) in [6.45, 7) is 5.43. The third kappa shape index (κ3) is 4.36. The molecule has 1 rings (SSSR count). The molecule has 0 heterocycles. The summed E-state index contributed by atoms with van der Waals surface area (Å²) >= 11 is 0. The molecule has 1 aliphatic rings. The molecule has 0 aromatic heterocycles. The van der Waals surface area contributed by atoms with Gasteiger partial charge in [-0.05, 0) is 17.8 Å². The molecule has 1 saturated carbocycles. The Morgan fingerprint density at radius 1 is 1.67 bits per heavy atom. The van der Waals surface area contributed by atoms with E-state index in [0.29, 0.717) is 11.3 Å². The number of halogens is 1. The zero-order valence-corrected chi connectivity index (χ0v) is 10.4. The molecule has 4 nitrogen and oxygen atoms in total. The van der Waals surface area contributed by atoms with E-state index in [4.69, 9.17) is 10.5 Å². The number of rotatable bonds is 5. The van der Waals surface area contributed by atoms with Crippen molar-refractivity contribution in [3.63, 3.8) is 0 Å². The molecule has 2 unspecified atom stereocenters. The molecule has 15 heavy (non-hydrogen) atoms. The van der Waals surface area contributed by atoms with Crippen molar-refractivity contribution >= 4 is 18.3 Å². The third-order valence-corrected chi connectivity index (χ3v) is 2.92. The Balaban J connectivity index is 0.00000196. The molecule has 0 aromatic carbocycles. The standard InChI is InChI=1S/C10H20N2O2.ClH/c1-10(2)4-7(10)5-12-9(13)8(11)6-14-3;/h7-8H,4-6,11H2,1-3H3,(H,12,13);1H. The van der Waals surface area contributed by atoms with Crippen LogP contribution in [0.3, 0.4) is 0 Å². The van der Waals surface area contributed by atoms with Crippen LogP contribution in [0.2, 0.25) is 0 Å². The summed E-state index contributed by atoms with van der Waals surface area (Å²) in [7, 11) is 1.54. The van der Waals surface area contributed by atoms with Crippen LogP contribution in [0, 0.1) is 11.3 Å². The van der Waals surface area contributed by atoms with Gasteiger partial charge in [0.05, 0.1) is 6.61 Å². The summed E-state index contributed by atoms with van der Waals surface area (Å²) in [5.74, 6) is 0.496. The van der Waals surface area contributed by atoms with Gasteiger partial charge < -0.3 is 15.8 Å². The fourth-order valence-corrected chi connectivity index (χ4v) is 1.53. The maximum absolute atomic E-state index is 11.4. The molecule has 0 saturated heterocycles. The summed E-state index contributed by atoms with van der Waals surface area (Å²) < 4.78 is 4.80. The zero-order valence-electron chi connectivity index (χ0n) is 9.58. The molecule has 5 heteroatoms. The van der Waals surface area contributed by atoms with Crippen molar-refractivity contribution < 1.29 is 9.53 Å². The van der Waals surface area contributed by atoms with Crippen molar-refractivity contribution in [2.24, 2.45) is 17.1 Å². The number of amides is 1. The van der Waals surface area contributed by atoms with Gasteiger partial charge in [-0.1, -0.05) is 13.8 Å². The number of nitrogens with two attached hydrogens (primary N) is 1. The molecular weight excluding hydrogens is 216 g/mol. The topological polar surface area (TPSA) is 64.3 Å². The fraction of sp³-hybridized carbons (Fsp3) is 0.900. The van der Waals surface area contributed by atoms with Gasteiger partial charge in [0.2, 0.25) is 5.91 Å². The van der Waals surface area contributed by atoms with Gasteiger partial charge in [0, 0.05) is 13.7 Å². The van der Waals surface area contributed by atoms with E-state index in [2.05, 4.69) is 19.2 Å². The number of ether oxygens (including phenoxy) is 1. The van der Waals surface area contributed by atoms with Crippen LogP contribution in [-0.4, -0.2) is 32.2 Å². The van der Waals surface area contributed by atoms with Gasteiger partial charge in [0.15, 0.2) is 0 Å². The monoisotopic (exact) mass is 236 g/mol. The lowest BCUT2D eigenvalue weighted by Gasteiger charge is -2.11. The van der Waals surface area contributed by atoms with Crippen LogP contribution >= 0.6 is 12.4 Å². The van der Waals surface area contributed by atoms with Gasteiger partial charge in [-0.25, -0.2) is 0 Å². The van der Waals surface area contributed by atoms with E-state index in [1.165, 1.54) is 13.5 Å². The maximum atomic E-state index is 11.4. The average molecular weight is 237 g/mol. The molecule has 3 N–H and O–H groups in total. The minimum atomic E-state index is -0.540. The summed E-state index contributed by atoms with van der Waals surface area (Å²) in [5.41, 5.74) is 5.97. The minimum absolute atomic E-state index is 0. The molecule has 1 aliphatic carbocycles. The van der Waals surface area contributed by atoms with Crippen LogP contribution in [0.15, 0.2) is 0 Å². The highest BCUT2D eigenvalue weighted by Crippen LogP contribution is 2.50. The Morgan fingerprint density at radius 3 is 2.60 bits per heavy atom. The lowest BCUT2D eigenvalue weighted by atomic mass is 10.1.